The highest BCUT2D eigenvalue weighted by Gasteiger charge is 2.25. The average molecular weight is 430 g/mol. The van der Waals surface area contributed by atoms with Crippen LogP contribution in [0, 0.1) is 0 Å². The van der Waals surface area contributed by atoms with Crippen molar-refractivity contribution in [1.82, 2.24) is 19.7 Å². The Balaban J connectivity index is 1.68. The Hall–Kier alpha value is -2.78. The van der Waals surface area contributed by atoms with Crippen LogP contribution in [0.2, 0.25) is 0 Å². The van der Waals surface area contributed by atoms with E-state index in [1.807, 2.05) is 43.7 Å². The molecule has 3 heterocycles. The van der Waals surface area contributed by atoms with E-state index in [9.17, 15) is 14.4 Å². The first-order valence-electron chi connectivity index (χ1n) is 10.5. The van der Waals surface area contributed by atoms with Gasteiger partial charge in [0.15, 0.2) is 0 Å². The summed E-state index contributed by atoms with van der Waals surface area (Å²) in [4.78, 5) is 47.1. The number of likely N-dealkylation sites (N-methyl/N-ethyl adjacent to an activating group) is 1. The molecule has 9 nitrogen and oxygen atoms in total. The number of amides is 2. The van der Waals surface area contributed by atoms with E-state index in [0.29, 0.717) is 31.0 Å². The third kappa shape index (κ3) is 6.86. The molecule has 2 aliphatic heterocycles. The molecule has 9 heteroatoms. The van der Waals surface area contributed by atoms with Gasteiger partial charge in [-0.15, -0.1) is 0 Å². The van der Waals surface area contributed by atoms with E-state index in [0.717, 1.165) is 18.7 Å². The Morgan fingerprint density at radius 1 is 1.19 bits per heavy atom. The summed E-state index contributed by atoms with van der Waals surface area (Å²) < 4.78 is 5.27. The van der Waals surface area contributed by atoms with Crippen LogP contribution in [0.3, 0.4) is 0 Å². The van der Waals surface area contributed by atoms with Crippen molar-refractivity contribution in [2.24, 2.45) is 0 Å². The second-order valence-electron chi connectivity index (χ2n) is 9.02. The van der Waals surface area contributed by atoms with Crippen LogP contribution >= 0.6 is 0 Å². The number of esters is 1. The molecule has 0 aliphatic carbocycles. The number of piperazine rings is 1. The fourth-order valence-electron chi connectivity index (χ4n) is 3.48. The number of nitrogens with one attached hydrogen (secondary N) is 1. The molecule has 0 spiro atoms. The number of anilines is 1. The predicted molar refractivity (Wildman–Crippen MR) is 117 cm³/mol. The van der Waals surface area contributed by atoms with Crippen molar-refractivity contribution >= 4 is 29.7 Å². The third-order valence-electron chi connectivity index (χ3n) is 5.04. The van der Waals surface area contributed by atoms with E-state index >= 15 is 0 Å². The van der Waals surface area contributed by atoms with Crippen LogP contribution in [0.5, 0.6) is 0 Å². The average Bonchev–Trinajstić information content (AvgIpc) is 2.82. The SMILES string of the molecule is CN1CCN(C(=O)CN2CC(=O)Nc3ncc(C=CC(=O)OC(C)(C)C)cc3C2)CC1. The molecule has 1 N–H and O–H groups in total. The molecule has 1 fully saturated rings. The van der Waals surface area contributed by atoms with Crippen LogP contribution in [0.15, 0.2) is 18.3 Å². The largest absolute Gasteiger partial charge is 0.457 e. The van der Waals surface area contributed by atoms with Crippen LogP contribution in [-0.2, 0) is 25.7 Å². The maximum atomic E-state index is 12.7. The van der Waals surface area contributed by atoms with Gasteiger partial charge in [-0.05, 0) is 45.5 Å². The highest BCUT2D eigenvalue weighted by molar-refractivity contribution is 5.93. The zero-order valence-electron chi connectivity index (χ0n) is 18.7. The van der Waals surface area contributed by atoms with Crippen molar-refractivity contribution < 1.29 is 19.1 Å². The molecule has 2 aliphatic rings. The van der Waals surface area contributed by atoms with Crippen LogP contribution in [0.4, 0.5) is 5.82 Å². The number of rotatable bonds is 4. The molecule has 1 saturated heterocycles. The molecule has 0 unspecified atom stereocenters. The van der Waals surface area contributed by atoms with Crippen LogP contribution < -0.4 is 5.32 Å². The number of ether oxygens (including phenoxy) is 1. The summed E-state index contributed by atoms with van der Waals surface area (Å²) in [6, 6.07) is 1.86. The molecule has 3 rings (SSSR count). The molecule has 0 saturated carbocycles. The van der Waals surface area contributed by atoms with Gasteiger partial charge in [0.25, 0.3) is 0 Å². The molecule has 0 radical (unpaired) electrons. The summed E-state index contributed by atoms with van der Waals surface area (Å²) in [7, 11) is 2.04. The van der Waals surface area contributed by atoms with E-state index < -0.39 is 11.6 Å². The maximum Gasteiger partial charge on any atom is 0.331 e. The van der Waals surface area contributed by atoms with Gasteiger partial charge in [0.1, 0.15) is 11.4 Å². The van der Waals surface area contributed by atoms with Crippen molar-refractivity contribution in [3.05, 3.63) is 29.5 Å². The Morgan fingerprint density at radius 3 is 2.58 bits per heavy atom. The molecule has 1 aromatic rings. The first kappa shape index (κ1) is 22.9. The van der Waals surface area contributed by atoms with Crippen molar-refractivity contribution in [3.63, 3.8) is 0 Å². The number of aromatic nitrogens is 1. The van der Waals surface area contributed by atoms with Gasteiger partial charge in [-0.2, -0.15) is 0 Å². The maximum absolute atomic E-state index is 12.7. The fourth-order valence-corrected chi connectivity index (χ4v) is 3.48. The van der Waals surface area contributed by atoms with Crippen LogP contribution in [0.25, 0.3) is 6.08 Å². The Bertz CT molecular complexity index is 869. The first-order chi connectivity index (χ1) is 14.6. The van der Waals surface area contributed by atoms with E-state index in [4.69, 9.17) is 4.74 Å². The van der Waals surface area contributed by atoms with E-state index in [2.05, 4.69) is 15.2 Å². The van der Waals surface area contributed by atoms with Crippen molar-refractivity contribution in [1.29, 1.82) is 0 Å². The summed E-state index contributed by atoms with van der Waals surface area (Å²) >= 11 is 0. The summed E-state index contributed by atoms with van der Waals surface area (Å²) in [6.07, 6.45) is 4.58. The summed E-state index contributed by atoms with van der Waals surface area (Å²) in [5.74, 6) is -0.128. The molecule has 1 aromatic heterocycles. The third-order valence-corrected chi connectivity index (χ3v) is 5.04. The van der Waals surface area contributed by atoms with Crippen molar-refractivity contribution in [2.45, 2.75) is 32.9 Å². The molecule has 2 amide bonds. The summed E-state index contributed by atoms with van der Waals surface area (Å²) in [5, 5.41) is 2.80. The number of carbonyl (C=O) groups is 3. The normalized spacial score (nSPS) is 18.5. The second-order valence-corrected chi connectivity index (χ2v) is 9.02. The number of fused-ring (bicyclic) bond motifs is 1. The minimum Gasteiger partial charge on any atom is -0.457 e. The van der Waals surface area contributed by atoms with E-state index in [-0.39, 0.29) is 24.9 Å². The van der Waals surface area contributed by atoms with Crippen molar-refractivity contribution in [3.8, 4) is 0 Å². The van der Waals surface area contributed by atoms with E-state index in [1.54, 1.807) is 12.3 Å². The van der Waals surface area contributed by atoms with E-state index in [1.165, 1.54) is 6.08 Å². The summed E-state index contributed by atoms with van der Waals surface area (Å²) in [6.45, 7) is 9.25. The zero-order valence-corrected chi connectivity index (χ0v) is 18.7. The van der Waals surface area contributed by atoms with Gasteiger partial charge in [-0.3, -0.25) is 14.5 Å². The minimum absolute atomic E-state index is 0.0262. The lowest BCUT2D eigenvalue weighted by Crippen LogP contribution is -2.50. The quantitative estimate of drug-likeness (QED) is 0.563. The first-order valence-corrected chi connectivity index (χ1v) is 10.5. The number of hydrogen-bond acceptors (Lipinski definition) is 7. The van der Waals surface area contributed by atoms with Gasteiger partial charge in [0.2, 0.25) is 11.8 Å². The highest BCUT2D eigenvalue weighted by atomic mass is 16.6. The molecule has 0 atom stereocenters. The second kappa shape index (κ2) is 9.57. The molecule has 0 bridgehead atoms. The Labute approximate surface area is 183 Å². The monoisotopic (exact) mass is 429 g/mol. The van der Waals surface area contributed by atoms with Gasteiger partial charge < -0.3 is 19.9 Å². The number of carbonyl (C=O) groups excluding carboxylic acids is 3. The van der Waals surface area contributed by atoms with Gasteiger partial charge in [0.05, 0.1) is 13.1 Å². The Morgan fingerprint density at radius 2 is 1.90 bits per heavy atom. The smallest absolute Gasteiger partial charge is 0.331 e. The number of pyridine rings is 1. The molecule has 0 aromatic carbocycles. The Kier molecular flexibility index (Phi) is 7.07. The lowest BCUT2D eigenvalue weighted by Gasteiger charge is -2.33. The minimum atomic E-state index is -0.561. The summed E-state index contributed by atoms with van der Waals surface area (Å²) in [5.41, 5.74) is 0.948. The van der Waals surface area contributed by atoms with Gasteiger partial charge in [0, 0.05) is 50.6 Å². The molecular weight excluding hydrogens is 398 g/mol. The lowest BCUT2D eigenvalue weighted by molar-refractivity contribution is -0.148. The van der Waals surface area contributed by atoms with Crippen LogP contribution in [0.1, 0.15) is 31.9 Å². The van der Waals surface area contributed by atoms with Gasteiger partial charge >= 0.3 is 5.97 Å². The van der Waals surface area contributed by atoms with Crippen molar-refractivity contribution in [2.75, 3.05) is 51.6 Å². The topological polar surface area (TPSA) is 95.1 Å². The van der Waals surface area contributed by atoms with Gasteiger partial charge in [-0.25, -0.2) is 9.78 Å². The zero-order chi connectivity index (χ0) is 22.6. The standard InChI is InChI=1S/C22H31N5O4/c1-22(2,3)31-20(30)6-5-16-11-17-13-26(14-18(28)24-21(17)23-12-16)15-19(29)27-9-7-25(4)8-10-27/h5-6,11-12H,7-10,13-15H2,1-4H3,(H,23,24,28). The number of hydrogen-bond donors (Lipinski definition) is 1. The highest BCUT2D eigenvalue weighted by Crippen LogP contribution is 2.21. The van der Waals surface area contributed by atoms with Gasteiger partial charge in [-0.1, -0.05) is 0 Å². The molecular formula is C22H31N5O4. The molecule has 168 valence electrons. The molecule has 31 heavy (non-hydrogen) atoms. The number of nitrogens with zero attached hydrogens (tertiary/aromatic N) is 4. The predicted octanol–water partition coefficient (Wildman–Crippen LogP) is 0.965. The lowest BCUT2D eigenvalue weighted by atomic mass is 10.1. The fraction of sp³-hybridized carbons (Fsp3) is 0.545. The van der Waals surface area contributed by atoms with Crippen LogP contribution in [-0.4, -0.2) is 89.4 Å².